The van der Waals surface area contributed by atoms with Gasteiger partial charge >= 0.3 is 16.5 Å². The summed E-state index contributed by atoms with van der Waals surface area (Å²) >= 11 is 0. The summed E-state index contributed by atoms with van der Waals surface area (Å²) in [5.41, 5.74) is 1.09. The smallest absolute Gasteiger partial charge is 1.00 e. The molecule has 0 fully saturated rings. The van der Waals surface area contributed by atoms with Gasteiger partial charge in [0.15, 0.2) is 0 Å². The average Bonchev–Trinajstić information content (AvgIpc) is 3.16. The van der Waals surface area contributed by atoms with E-state index in [-0.39, 0.29) is 41.3 Å². The van der Waals surface area contributed by atoms with Gasteiger partial charge in [0.05, 0.1) is 0 Å². The van der Waals surface area contributed by atoms with Gasteiger partial charge in [0, 0.05) is 0 Å². The van der Waals surface area contributed by atoms with Crippen molar-refractivity contribution >= 4 is 23.8 Å². The Kier molecular flexibility index (Phi) is 13.6. The van der Waals surface area contributed by atoms with Crippen molar-refractivity contribution in [3.8, 4) is 0 Å². The van der Waals surface area contributed by atoms with Crippen molar-refractivity contribution < 1.29 is 41.3 Å². The molecule has 0 radical (unpaired) electrons. The van der Waals surface area contributed by atoms with Crippen LogP contribution in [0.4, 0.5) is 0 Å². The van der Waals surface area contributed by atoms with Crippen molar-refractivity contribution in [2.75, 3.05) is 0 Å². The number of hydrogen-bond acceptors (Lipinski definition) is 0. The Labute approximate surface area is 192 Å². The molecule has 0 saturated heterocycles. The van der Waals surface area contributed by atoms with E-state index in [0.717, 1.165) is 5.57 Å². The molecule has 0 atom stereocenters. The van der Waals surface area contributed by atoms with Crippen molar-refractivity contribution in [2.24, 2.45) is 0 Å². The third-order valence-electron chi connectivity index (χ3n) is 3.77. The second kappa shape index (κ2) is 14.4. The largest absolute Gasteiger partial charge is 2.00 e. The Hall–Kier alpha value is -1.62. The van der Waals surface area contributed by atoms with E-state index in [1.54, 1.807) is 0 Å². The van der Waals surface area contributed by atoms with Crippen LogP contribution in [0.25, 0.3) is 0 Å². The first-order chi connectivity index (χ1) is 12.3. The van der Waals surface area contributed by atoms with Crippen LogP contribution < -0.4 is 40.7 Å². The molecule has 28 heavy (non-hydrogen) atoms. The maximum absolute atomic E-state index is 3.68. The number of benzene rings is 3. The van der Waals surface area contributed by atoms with Gasteiger partial charge in [-0.2, -0.15) is 0 Å². The van der Waals surface area contributed by atoms with Crippen LogP contribution in [0.1, 0.15) is 0 Å². The van der Waals surface area contributed by atoms with E-state index in [4.69, 9.17) is 0 Å². The van der Waals surface area contributed by atoms with Crippen molar-refractivity contribution in [1.29, 1.82) is 0 Å². The van der Waals surface area contributed by atoms with Gasteiger partial charge in [0.25, 0.3) is 0 Å². The van der Waals surface area contributed by atoms with E-state index in [9.17, 15) is 0 Å². The normalized spacial score (nSPS) is 10.8. The summed E-state index contributed by atoms with van der Waals surface area (Å²) in [7, 11) is -0.446. The van der Waals surface area contributed by atoms with Gasteiger partial charge in [-0.25, -0.2) is 0 Å². The van der Waals surface area contributed by atoms with Crippen molar-refractivity contribution in [1.82, 2.24) is 0 Å². The van der Waals surface area contributed by atoms with Crippen molar-refractivity contribution in [3.05, 3.63) is 127 Å². The predicted molar refractivity (Wildman–Crippen MR) is 113 cm³/mol. The Balaban J connectivity index is 0.000000704. The molecule has 3 aromatic carbocycles. The summed E-state index contributed by atoms with van der Waals surface area (Å²) in [6, 6.07) is 32.3. The third kappa shape index (κ3) is 7.79. The first-order valence-corrected chi connectivity index (χ1v) is 9.68. The van der Waals surface area contributed by atoms with Crippen molar-refractivity contribution in [3.63, 3.8) is 0 Å². The van der Waals surface area contributed by atoms with Crippen LogP contribution in [0.3, 0.4) is 0 Å². The fourth-order valence-electron chi connectivity index (χ4n) is 2.59. The molecule has 1 aliphatic rings. The molecule has 0 saturated carbocycles. The van der Waals surface area contributed by atoms with Gasteiger partial charge in [0.1, 0.15) is 0 Å². The van der Waals surface area contributed by atoms with E-state index in [0.29, 0.717) is 0 Å². The Morgan fingerprint density at radius 2 is 0.786 bits per heavy atom. The first kappa shape index (κ1) is 26.4. The van der Waals surface area contributed by atoms with Gasteiger partial charge in [-0.05, 0) is 29.4 Å². The van der Waals surface area contributed by atoms with Crippen LogP contribution in [-0.2, 0) is 16.5 Å². The molecule has 0 bridgehead atoms. The van der Waals surface area contributed by atoms with Gasteiger partial charge < -0.3 is 24.8 Å². The zero-order chi connectivity index (χ0) is 17.3. The number of halogens is 2. The monoisotopic (exact) mass is 468 g/mol. The number of allylic oxidation sites excluding steroid dienone is 5. The standard InChI is InChI=1S/C18H15P.C6H6.2ClH.Ni/c1-4-10-16(11-5-1)19(17-12-6-2-7-13-17)18-14-8-3-9-15-18;1-6-4-2-3-5-6;;;/h1-15H;2-5H,1H2;2*1H;/q;;;;+2/p-2. The zero-order valence-electron chi connectivity index (χ0n) is 15.2. The van der Waals surface area contributed by atoms with Gasteiger partial charge in [-0.15, -0.1) is 0 Å². The predicted octanol–water partition coefficient (Wildman–Crippen LogP) is -0.881. The summed E-state index contributed by atoms with van der Waals surface area (Å²) in [6.45, 7) is 3.68. The topological polar surface area (TPSA) is 0 Å². The minimum Gasteiger partial charge on any atom is -1.00 e. The summed E-state index contributed by atoms with van der Waals surface area (Å²) in [5.74, 6) is 0. The molecule has 0 heterocycles. The molecular weight excluding hydrogens is 449 g/mol. The molecule has 0 amide bonds. The minimum atomic E-state index is -0.446. The first-order valence-electron chi connectivity index (χ1n) is 8.33. The molecule has 0 unspecified atom stereocenters. The van der Waals surface area contributed by atoms with E-state index >= 15 is 0 Å². The number of hydrogen-bond donors (Lipinski definition) is 0. The fourth-order valence-corrected chi connectivity index (χ4v) is 4.90. The van der Waals surface area contributed by atoms with E-state index < -0.39 is 7.92 Å². The molecule has 0 N–H and O–H groups in total. The SMILES string of the molecule is C=C1C=CC=C1.[Cl-].[Cl-].[Ni+2].c1ccc(P(c2ccccc2)c2ccccc2)cc1. The van der Waals surface area contributed by atoms with Gasteiger partial charge in [-0.1, -0.05) is 122 Å². The summed E-state index contributed by atoms with van der Waals surface area (Å²) < 4.78 is 0. The van der Waals surface area contributed by atoms with Gasteiger partial charge in [0.2, 0.25) is 0 Å². The molecular formula is C24H21Cl2NiP. The van der Waals surface area contributed by atoms with Crippen LogP contribution >= 0.6 is 7.92 Å². The molecule has 1 aliphatic carbocycles. The Morgan fingerprint density at radius 1 is 0.500 bits per heavy atom. The Bertz CT molecular complexity index is 755. The molecule has 4 rings (SSSR count). The quantitative estimate of drug-likeness (QED) is 0.345. The number of rotatable bonds is 3. The molecule has 0 nitrogen and oxygen atoms in total. The van der Waals surface area contributed by atoms with E-state index in [1.807, 2.05) is 24.3 Å². The molecule has 4 heteroatoms. The summed E-state index contributed by atoms with van der Waals surface area (Å²) in [5, 5.41) is 4.19. The maximum Gasteiger partial charge on any atom is 2.00 e. The molecule has 3 aromatic rings. The second-order valence-corrected chi connectivity index (χ2v) is 7.86. The fraction of sp³-hybridized carbons (Fsp3) is 0. The van der Waals surface area contributed by atoms with Crippen LogP contribution in [0.5, 0.6) is 0 Å². The van der Waals surface area contributed by atoms with E-state index in [1.165, 1.54) is 15.9 Å². The average molecular weight is 470 g/mol. The van der Waals surface area contributed by atoms with Crippen LogP contribution in [0, 0.1) is 0 Å². The summed E-state index contributed by atoms with van der Waals surface area (Å²) in [6.07, 6.45) is 7.89. The summed E-state index contributed by atoms with van der Waals surface area (Å²) in [4.78, 5) is 0. The van der Waals surface area contributed by atoms with Gasteiger partial charge in [-0.3, -0.25) is 0 Å². The molecule has 0 aliphatic heterocycles. The molecule has 0 spiro atoms. The minimum absolute atomic E-state index is 0. The third-order valence-corrected chi connectivity index (χ3v) is 6.22. The molecule has 0 aromatic heterocycles. The van der Waals surface area contributed by atoms with Crippen molar-refractivity contribution in [2.45, 2.75) is 0 Å². The van der Waals surface area contributed by atoms with E-state index in [2.05, 4.69) is 97.6 Å². The second-order valence-electron chi connectivity index (χ2n) is 5.64. The van der Waals surface area contributed by atoms with Crippen LogP contribution in [0.2, 0.25) is 0 Å². The molecule has 146 valence electrons. The van der Waals surface area contributed by atoms with Crippen LogP contribution in [0.15, 0.2) is 127 Å². The zero-order valence-corrected chi connectivity index (χ0v) is 18.6. The maximum atomic E-state index is 3.68. The Morgan fingerprint density at radius 3 is 1.00 bits per heavy atom. The van der Waals surface area contributed by atoms with Crippen LogP contribution in [-0.4, -0.2) is 0 Å².